The van der Waals surface area contributed by atoms with Gasteiger partial charge in [-0.25, -0.2) is 0 Å². The van der Waals surface area contributed by atoms with E-state index in [-0.39, 0.29) is 6.04 Å². The van der Waals surface area contributed by atoms with E-state index in [1.807, 2.05) is 36.3 Å². The molecule has 0 radical (unpaired) electrons. The lowest BCUT2D eigenvalue weighted by Gasteiger charge is -2.12. The third-order valence-electron chi connectivity index (χ3n) is 3.10. The number of hydrogen-bond donors (Lipinski definition) is 1. The molecule has 0 aromatic carbocycles. The van der Waals surface area contributed by atoms with Gasteiger partial charge in [0.1, 0.15) is 0 Å². The molecule has 0 saturated heterocycles. The first-order chi connectivity index (χ1) is 8.88. The van der Waals surface area contributed by atoms with Crippen LogP contribution in [0.1, 0.15) is 27.1 Å². The molecule has 0 spiro atoms. The Morgan fingerprint density at radius 1 is 1.39 bits per heavy atom. The Labute approximate surface area is 115 Å². The molecule has 1 unspecified atom stereocenters. The third kappa shape index (κ3) is 2.30. The molecule has 0 saturated carbocycles. The van der Waals surface area contributed by atoms with Gasteiger partial charge in [0.25, 0.3) is 0 Å². The molecule has 3 rings (SSSR count). The van der Waals surface area contributed by atoms with Crippen LogP contribution in [-0.2, 0) is 12.2 Å². The van der Waals surface area contributed by atoms with Gasteiger partial charge in [0, 0.05) is 27.9 Å². The normalized spacial score (nSPS) is 16.3. The monoisotopic (exact) mass is 277 g/mol. The van der Waals surface area contributed by atoms with Gasteiger partial charge in [-0.3, -0.25) is 9.97 Å². The number of rotatable bonds is 3. The lowest BCUT2D eigenvalue weighted by Crippen LogP contribution is -2.17. The maximum Gasteiger partial charge on any atom is 0.0858 e. The fourth-order valence-electron chi connectivity index (χ4n) is 2.21. The first kappa shape index (κ1) is 12.1. The maximum absolute atomic E-state index is 4.41. The highest BCUT2D eigenvalue weighted by Gasteiger charge is 2.20. The van der Waals surface area contributed by atoms with Gasteiger partial charge in [-0.1, -0.05) is 0 Å². The van der Waals surface area contributed by atoms with Crippen LogP contribution in [0.15, 0.2) is 24.7 Å². The molecule has 2 aromatic heterocycles. The van der Waals surface area contributed by atoms with Gasteiger partial charge in [-0.15, -0.1) is 11.3 Å². The first-order valence-corrected chi connectivity index (χ1v) is 7.98. The molecule has 1 N–H and O–H groups in total. The molecule has 2 aromatic rings. The van der Waals surface area contributed by atoms with E-state index in [2.05, 4.69) is 21.4 Å². The molecule has 1 atom stereocenters. The number of hydrogen-bond acceptors (Lipinski definition) is 5. The first-order valence-electron chi connectivity index (χ1n) is 6.01. The van der Waals surface area contributed by atoms with Crippen LogP contribution in [-0.4, -0.2) is 22.8 Å². The molecule has 94 valence electrons. The summed E-state index contributed by atoms with van der Waals surface area (Å²) in [5, 5.41) is 3.34. The molecule has 3 heterocycles. The van der Waals surface area contributed by atoms with E-state index in [0.717, 1.165) is 11.4 Å². The SMILES string of the molecule is CNC(c1cnccn1)c1cc2c(s1)CCSC2. The van der Waals surface area contributed by atoms with E-state index in [9.17, 15) is 0 Å². The molecular weight excluding hydrogens is 262 g/mol. The van der Waals surface area contributed by atoms with Crippen LogP contribution in [0.25, 0.3) is 0 Å². The molecule has 1 aliphatic heterocycles. The Bertz CT molecular complexity index is 501. The van der Waals surface area contributed by atoms with Gasteiger partial charge in [0.2, 0.25) is 0 Å². The Morgan fingerprint density at radius 3 is 3.06 bits per heavy atom. The summed E-state index contributed by atoms with van der Waals surface area (Å²) in [4.78, 5) is 11.5. The summed E-state index contributed by atoms with van der Waals surface area (Å²) in [6.45, 7) is 0. The van der Waals surface area contributed by atoms with Gasteiger partial charge < -0.3 is 5.32 Å². The van der Waals surface area contributed by atoms with E-state index in [4.69, 9.17) is 0 Å². The number of nitrogens with one attached hydrogen (secondary N) is 1. The van der Waals surface area contributed by atoms with Gasteiger partial charge in [-0.05, 0) is 30.9 Å². The van der Waals surface area contributed by atoms with Crippen molar-refractivity contribution in [2.45, 2.75) is 18.2 Å². The van der Waals surface area contributed by atoms with E-state index < -0.39 is 0 Å². The van der Waals surface area contributed by atoms with Crippen molar-refractivity contribution in [1.82, 2.24) is 15.3 Å². The summed E-state index contributed by atoms with van der Waals surface area (Å²) in [7, 11) is 1.98. The quantitative estimate of drug-likeness (QED) is 0.936. The minimum atomic E-state index is 0.166. The second-order valence-corrected chi connectivity index (χ2v) is 6.53. The summed E-state index contributed by atoms with van der Waals surface area (Å²) >= 11 is 3.94. The smallest absolute Gasteiger partial charge is 0.0858 e. The summed E-state index contributed by atoms with van der Waals surface area (Å²) in [6, 6.07) is 2.50. The Hall–Kier alpha value is -0.910. The second kappa shape index (κ2) is 5.38. The third-order valence-corrected chi connectivity index (χ3v) is 5.41. The van der Waals surface area contributed by atoms with E-state index in [1.54, 1.807) is 17.3 Å². The number of nitrogens with zero attached hydrogens (tertiary/aromatic N) is 2. The Kier molecular flexibility index (Phi) is 3.63. The number of aromatic nitrogens is 2. The number of thioether (sulfide) groups is 1. The topological polar surface area (TPSA) is 37.8 Å². The molecule has 18 heavy (non-hydrogen) atoms. The van der Waals surface area contributed by atoms with Gasteiger partial charge >= 0.3 is 0 Å². The zero-order chi connectivity index (χ0) is 12.4. The zero-order valence-electron chi connectivity index (χ0n) is 10.2. The Morgan fingerprint density at radius 2 is 2.33 bits per heavy atom. The van der Waals surface area contributed by atoms with Crippen LogP contribution in [0, 0.1) is 0 Å². The summed E-state index contributed by atoms with van der Waals surface area (Å²) in [6.07, 6.45) is 6.52. The zero-order valence-corrected chi connectivity index (χ0v) is 11.9. The molecule has 1 aliphatic rings. The van der Waals surface area contributed by atoms with Gasteiger partial charge in [0.15, 0.2) is 0 Å². The van der Waals surface area contributed by atoms with Crippen LogP contribution < -0.4 is 5.32 Å². The average Bonchev–Trinajstić information content (AvgIpc) is 2.84. The van der Waals surface area contributed by atoms with Crippen LogP contribution in [0.2, 0.25) is 0 Å². The molecular formula is C13H15N3S2. The predicted octanol–water partition coefficient (Wildman–Crippen LogP) is 2.64. The van der Waals surface area contributed by atoms with E-state index >= 15 is 0 Å². The van der Waals surface area contributed by atoms with Crippen LogP contribution in [0.4, 0.5) is 0 Å². The highest BCUT2D eigenvalue weighted by molar-refractivity contribution is 7.98. The second-order valence-electron chi connectivity index (χ2n) is 4.25. The standard InChI is InChI=1S/C13H15N3S2/c1-14-13(10-7-15-3-4-16-10)12-6-9-8-17-5-2-11(9)18-12/h3-4,6-7,13-14H,2,5,8H2,1H3. The van der Waals surface area contributed by atoms with Crippen molar-refractivity contribution >= 4 is 23.1 Å². The Balaban J connectivity index is 1.94. The summed E-state index contributed by atoms with van der Waals surface area (Å²) in [5.41, 5.74) is 2.50. The van der Waals surface area contributed by atoms with Crippen molar-refractivity contribution in [2.24, 2.45) is 0 Å². The number of fused-ring (bicyclic) bond motifs is 1. The van der Waals surface area contributed by atoms with E-state index in [1.165, 1.54) is 22.6 Å². The minimum absolute atomic E-state index is 0.166. The fourth-order valence-corrected chi connectivity index (χ4v) is 4.71. The van der Waals surface area contributed by atoms with Crippen molar-refractivity contribution in [1.29, 1.82) is 0 Å². The summed E-state index contributed by atoms with van der Waals surface area (Å²) in [5.74, 6) is 2.41. The van der Waals surface area contributed by atoms with Crippen LogP contribution in [0.5, 0.6) is 0 Å². The highest BCUT2D eigenvalue weighted by atomic mass is 32.2. The van der Waals surface area contributed by atoms with E-state index in [0.29, 0.717) is 0 Å². The molecule has 0 amide bonds. The van der Waals surface area contributed by atoms with Crippen molar-refractivity contribution in [2.75, 3.05) is 12.8 Å². The molecule has 5 heteroatoms. The van der Waals surface area contributed by atoms with Crippen LogP contribution in [0.3, 0.4) is 0 Å². The molecule has 0 fully saturated rings. The van der Waals surface area contributed by atoms with Crippen LogP contribution >= 0.6 is 23.1 Å². The lowest BCUT2D eigenvalue weighted by molar-refractivity contribution is 0.677. The maximum atomic E-state index is 4.41. The van der Waals surface area contributed by atoms with Crippen molar-refractivity contribution in [3.8, 4) is 0 Å². The van der Waals surface area contributed by atoms with Gasteiger partial charge in [-0.2, -0.15) is 11.8 Å². The molecule has 0 bridgehead atoms. The number of thiophene rings is 1. The largest absolute Gasteiger partial charge is 0.307 e. The highest BCUT2D eigenvalue weighted by Crippen LogP contribution is 2.35. The molecule has 3 nitrogen and oxygen atoms in total. The minimum Gasteiger partial charge on any atom is -0.307 e. The number of aryl methyl sites for hydroxylation is 1. The van der Waals surface area contributed by atoms with Gasteiger partial charge in [0.05, 0.1) is 17.9 Å². The predicted molar refractivity (Wildman–Crippen MR) is 77.1 cm³/mol. The van der Waals surface area contributed by atoms with Crippen molar-refractivity contribution in [3.63, 3.8) is 0 Å². The molecule has 0 aliphatic carbocycles. The average molecular weight is 277 g/mol. The lowest BCUT2D eigenvalue weighted by atomic mass is 10.1. The summed E-state index contributed by atoms with van der Waals surface area (Å²) < 4.78 is 0. The van der Waals surface area contributed by atoms with Crippen molar-refractivity contribution in [3.05, 3.63) is 45.7 Å². The fraction of sp³-hybridized carbons (Fsp3) is 0.385. The van der Waals surface area contributed by atoms with Crippen molar-refractivity contribution < 1.29 is 0 Å².